The fourth-order valence-electron chi connectivity index (χ4n) is 10.6. The number of carbonyl (C=O) groups is 2. The molecular weight excluding hydrogens is 452 g/mol. The Labute approximate surface area is 217 Å². The van der Waals surface area contributed by atoms with Gasteiger partial charge in [0.25, 0.3) is 0 Å². The molecule has 0 bridgehead atoms. The number of aliphatic hydroxyl groups excluding tert-OH is 1. The molecule has 4 aliphatic rings. The van der Waals surface area contributed by atoms with Crippen LogP contribution in [0.5, 0.6) is 0 Å². The lowest BCUT2D eigenvalue weighted by Crippen LogP contribution is -2.68. The minimum Gasteiger partial charge on any atom is -0.481 e. The molecule has 0 aromatic heterocycles. The van der Waals surface area contributed by atoms with E-state index in [-0.39, 0.29) is 51.8 Å². The van der Waals surface area contributed by atoms with E-state index < -0.39 is 17.5 Å². The Bertz CT molecular complexity index is 955. The second-order valence-electron chi connectivity index (χ2n) is 13.7. The third-order valence-corrected chi connectivity index (χ3v) is 12.4. The van der Waals surface area contributed by atoms with Crippen LogP contribution in [0.4, 0.5) is 0 Å². The predicted octanol–water partition coefficient (Wildman–Crippen LogP) is 6.41. The van der Waals surface area contributed by atoms with Gasteiger partial charge in [-0.2, -0.15) is 0 Å². The second-order valence-corrected chi connectivity index (χ2v) is 13.7. The third-order valence-electron chi connectivity index (χ3n) is 12.4. The summed E-state index contributed by atoms with van der Waals surface area (Å²) in [5.74, 6) is -0.297. The molecule has 2 N–H and O–H groups in total. The molecule has 0 aliphatic heterocycles. The van der Waals surface area contributed by atoms with Crippen molar-refractivity contribution in [1.82, 2.24) is 0 Å². The first-order valence-electron chi connectivity index (χ1n) is 14.0. The molecule has 202 valence electrons. The van der Waals surface area contributed by atoms with Gasteiger partial charge in [-0.05, 0) is 111 Å². The van der Waals surface area contributed by atoms with Gasteiger partial charge in [-0.1, -0.05) is 45.1 Å². The van der Waals surface area contributed by atoms with Gasteiger partial charge in [0.1, 0.15) is 0 Å². The highest BCUT2D eigenvalue weighted by molar-refractivity contribution is 5.76. The van der Waals surface area contributed by atoms with Crippen LogP contribution in [0, 0.1) is 51.2 Å². The van der Waals surface area contributed by atoms with Crippen LogP contribution in [-0.2, 0) is 14.3 Å². The molecule has 10 atom stereocenters. The Hall–Kier alpha value is -1.62. The molecule has 4 rings (SSSR count). The molecule has 0 amide bonds. The second kappa shape index (κ2) is 8.99. The van der Waals surface area contributed by atoms with Gasteiger partial charge >= 0.3 is 11.9 Å². The molecule has 0 aromatic rings. The average molecular weight is 501 g/mol. The molecule has 0 aromatic carbocycles. The maximum atomic E-state index is 12.8. The molecule has 0 radical (unpaired) electrons. The number of rotatable bonds is 6. The van der Waals surface area contributed by atoms with Gasteiger partial charge in [-0.15, -0.1) is 0 Å². The average Bonchev–Trinajstić information content (AvgIpc) is 3.20. The van der Waals surface area contributed by atoms with Gasteiger partial charge in [-0.3, -0.25) is 9.59 Å². The van der Waals surface area contributed by atoms with Gasteiger partial charge in [0.15, 0.2) is 0 Å². The number of aliphatic carboxylic acids is 1. The van der Waals surface area contributed by atoms with Gasteiger partial charge in [0.05, 0.1) is 18.6 Å². The highest BCUT2D eigenvalue weighted by Crippen LogP contribution is 2.76. The molecule has 0 unspecified atom stereocenters. The zero-order valence-corrected chi connectivity index (χ0v) is 23.4. The Morgan fingerprint density at radius 1 is 0.972 bits per heavy atom. The van der Waals surface area contributed by atoms with Crippen LogP contribution < -0.4 is 0 Å². The summed E-state index contributed by atoms with van der Waals surface area (Å²) < 4.78 is 5.00. The van der Waals surface area contributed by atoms with Crippen molar-refractivity contribution >= 4 is 11.9 Å². The van der Waals surface area contributed by atoms with Crippen molar-refractivity contribution in [2.24, 2.45) is 51.2 Å². The zero-order valence-electron chi connectivity index (χ0n) is 23.4. The van der Waals surface area contributed by atoms with E-state index in [1.54, 1.807) is 0 Å². The number of aliphatic hydroxyl groups is 1. The van der Waals surface area contributed by atoms with Crippen molar-refractivity contribution in [3.05, 3.63) is 24.3 Å². The van der Waals surface area contributed by atoms with Crippen molar-refractivity contribution in [1.29, 1.82) is 0 Å². The van der Waals surface area contributed by atoms with E-state index in [9.17, 15) is 19.8 Å². The Kier molecular flexibility index (Phi) is 6.85. The first kappa shape index (κ1) is 27.4. The number of fused-ring (bicyclic) bond motifs is 5. The number of allylic oxidation sites excluding steroid dienone is 2. The Balaban J connectivity index is 1.81. The molecule has 4 saturated carbocycles. The van der Waals surface area contributed by atoms with Crippen LogP contribution in [-0.4, -0.2) is 35.4 Å². The molecule has 0 saturated heterocycles. The minimum absolute atomic E-state index is 0.00775. The van der Waals surface area contributed by atoms with Crippen LogP contribution in [0.2, 0.25) is 0 Å². The molecule has 0 heterocycles. The lowest BCUT2D eigenvalue weighted by molar-refractivity contribution is -0.251. The fraction of sp³-hybridized carbons (Fsp3) is 0.806. The summed E-state index contributed by atoms with van der Waals surface area (Å²) in [6, 6.07) is 0. The van der Waals surface area contributed by atoms with Crippen molar-refractivity contribution in [2.45, 2.75) is 98.5 Å². The van der Waals surface area contributed by atoms with E-state index >= 15 is 0 Å². The summed E-state index contributed by atoms with van der Waals surface area (Å²) in [4.78, 5) is 25.0. The summed E-state index contributed by atoms with van der Waals surface area (Å²) in [7, 11) is 1.43. The molecule has 5 nitrogen and oxygen atoms in total. The van der Waals surface area contributed by atoms with E-state index in [0.29, 0.717) is 32.1 Å². The van der Waals surface area contributed by atoms with Crippen LogP contribution in [0.3, 0.4) is 0 Å². The number of methoxy groups -OCH3 is 1. The van der Waals surface area contributed by atoms with Crippen molar-refractivity contribution < 1.29 is 24.5 Å². The largest absolute Gasteiger partial charge is 0.481 e. The van der Waals surface area contributed by atoms with E-state index in [0.717, 1.165) is 36.8 Å². The molecule has 36 heavy (non-hydrogen) atoms. The molecular formula is C31H48O5. The predicted molar refractivity (Wildman–Crippen MR) is 141 cm³/mol. The van der Waals surface area contributed by atoms with Crippen molar-refractivity contribution in [3.63, 3.8) is 0 Å². The minimum atomic E-state index is -0.709. The Morgan fingerprint density at radius 3 is 2.19 bits per heavy atom. The van der Waals surface area contributed by atoms with Crippen molar-refractivity contribution in [3.8, 4) is 0 Å². The third kappa shape index (κ3) is 3.58. The highest BCUT2D eigenvalue weighted by atomic mass is 16.5. The number of esters is 1. The molecule has 5 heteroatoms. The topological polar surface area (TPSA) is 83.8 Å². The summed E-state index contributed by atoms with van der Waals surface area (Å²) in [6.07, 6.45) is 6.19. The number of ether oxygens (including phenoxy) is 1. The van der Waals surface area contributed by atoms with Crippen LogP contribution >= 0.6 is 0 Å². The van der Waals surface area contributed by atoms with Gasteiger partial charge in [-0.25, -0.2) is 0 Å². The summed E-state index contributed by atoms with van der Waals surface area (Å²) in [6.45, 7) is 19.8. The lowest BCUT2D eigenvalue weighted by Gasteiger charge is -2.71. The molecule has 4 fully saturated rings. The SMILES string of the molecule is C=C(C)[C@@H]1CC[C@]2(C(=O)O)CC[C@]3(C)[C@H](C[C@@H](O)[C@@H]4[C@@](C)(CCC(=O)OC)[C@H](C(=C)C)CC[C@]43C)[C@@H]12. The van der Waals surface area contributed by atoms with Gasteiger partial charge < -0.3 is 14.9 Å². The first-order chi connectivity index (χ1) is 16.7. The van der Waals surface area contributed by atoms with Crippen LogP contribution in [0.1, 0.15) is 92.4 Å². The number of hydrogen-bond donors (Lipinski definition) is 2. The van der Waals surface area contributed by atoms with Crippen LogP contribution in [0.15, 0.2) is 24.3 Å². The quantitative estimate of drug-likeness (QED) is 0.325. The lowest BCUT2D eigenvalue weighted by atomic mass is 9.33. The van der Waals surface area contributed by atoms with E-state index in [1.165, 1.54) is 7.11 Å². The standard InChI is InChI=1S/C31H48O5/c1-18(2)20-9-14-31(27(34)35)16-15-29(6)22(25(20)31)17-23(32)26-28(5,12-11-24(33)36-8)21(19(3)4)10-13-30(26,29)7/h20-23,25-26,32H,1,3,9-17H2,2,4-8H3,(H,34,35)/t20-,21-,22+,23+,25+,26+,28-,29+,30+,31-/m0/s1. The summed E-state index contributed by atoms with van der Waals surface area (Å²) >= 11 is 0. The number of carboxylic acid groups (broad SMARTS) is 1. The number of carbonyl (C=O) groups excluding carboxylic acids is 1. The zero-order chi connectivity index (χ0) is 26.8. The number of carboxylic acids is 1. The van der Waals surface area contributed by atoms with E-state index in [1.807, 2.05) is 0 Å². The van der Waals surface area contributed by atoms with Crippen LogP contribution in [0.25, 0.3) is 0 Å². The normalized spacial score (nSPS) is 47.8. The Morgan fingerprint density at radius 2 is 1.64 bits per heavy atom. The van der Waals surface area contributed by atoms with Gasteiger partial charge in [0, 0.05) is 6.42 Å². The molecule has 4 aliphatic carbocycles. The van der Waals surface area contributed by atoms with E-state index in [2.05, 4.69) is 47.8 Å². The van der Waals surface area contributed by atoms with Crippen molar-refractivity contribution in [2.75, 3.05) is 7.11 Å². The first-order valence-corrected chi connectivity index (χ1v) is 14.0. The summed E-state index contributed by atoms with van der Waals surface area (Å²) in [5, 5.41) is 22.5. The highest BCUT2D eigenvalue weighted by Gasteiger charge is 2.72. The van der Waals surface area contributed by atoms with Gasteiger partial charge in [0.2, 0.25) is 0 Å². The molecule has 0 spiro atoms. The summed E-state index contributed by atoms with van der Waals surface area (Å²) in [5.41, 5.74) is 0.952. The smallest absolute Gasteiger partial charge is 0.309 e. The maximum absolute atomic E-state index is 12.8. The fourth-order valence-corrected chi connectivity index (χ4v) is 10.6. The van der Waals surface area contributed by atoms with E-state index in [4.69, 9.17) is 4.74 Å². The maximum Gasteiger partial charge on any atom is 0.309 e. The monoisotopic (exact) mass is 500 g/mol. The number of hydrogen-bond acceptors (Lipinski definition) is 4.